The molecule has 88 valence electrons. The van der Waals surface area contributed by atoms with Gasteiger partial charge in [0.05, 0.1) is 12.2 Å². The van der Waals surface area contributed by atoms with Crippen LogP contribution in [0.2, 0.25) is 0 Å². The molecule has 0 radical (unpaired) electrons. The molecule has 2 fully saturated rings. The fourth-order valence-corrected chi connectivity index (χ4v) is 2.54. The average Bonchev–Trinajstić information content (AvgIpc) is 2.18. The highest BCUT2D eigenvalue weighted by Crippen LogP contribution is 2.26. The molecule has 4 nitrogen and oxygen atoms in total. The first-order chi connectivity index (χ1) is 7.16. The van der Waals surface area contributed by atoms with E-state index in [4.69, 9.17) is 0 Å². The minimum absolute atomic E-state index is 0.0895. The van der Waals surface area contributed by atoms with Crippen molar-refractivity contribution in [2.45, 2.75) is 38.0 Å². The minimum atomic E-state index is -0.231. The van der Waals surface area contributed by atoms with Crippen LogP contribution in [0.4, 0.5) is 0 Å². The molecule has 1 saturated carbocycles. The second kappa shape index (κ2) is 4.78. The van der Waals surface area contributed by atoms with Crippen LogP contribution in [0.1, 0.15) is 19.8 Å². The Balaban J connectivity index is 1.72. The molecule has 0 aromatic carbocycles. The molecule has 2 rings (SSSR count). The summed E-state index contributed by atoms with van der Waals surface area (Å²) in [4.78, 5) is 4.69. The number of aliphatic hydroxyl groups is 2. The predicted octanol–water partition coefficient (Wildman–Crippen LogP) is -0.492. The van der Waals surface area contributed by atoms with Gasteiger partial charge in [-0.05, 0) is 19.8 Å². The second-order valence-electron chi connectivity index (χ2n) is 4.90. The van der Waals surface area contributed by atoms with Crippen LogP contribution in [0.5, 0.6) is 0 Å². The SMILES string of the molecule is CC(O)CN1CCN([C@@H]2CC[C@H]2O)CC1. The van der Waals surface area contributed by atoms with Gasteiger partial charge in [-0.2, -0.15) is 0 Å². The third-order valence-electron chi connectivity index (χ3n) is 3.60. The first-order valence-electron chi connectivity index (χ1n) is 5.99. The highest BCUT2D eigenvalue weighted by Gasteiger charge is 2.35. The van der Waals surface area contributed by atoms with E-state index in [2.05, 4.69) is 9.80 Å². The van der Waals surface area contributed by atoms with E-state index in [1.807, 2.05) is 6.92 Å². The smallest absolute Gasteiger partial charge is 0.0696 e. The maximum atomic E-state index is 9.58. The molecule has 1 heterocycles. The van der Waals surface area contributed by atoms with Gasteiger partial charge in [-0.15, -0.1) is 0 Å². The molecule has 2 aliphatic rings. The van der Waals surface area contributed by atoms with Gasteiger partial charge in [0, 0.05) is 38.8 Å². The van der Waals surface area contributed by atoms with Gasteiger partial charge in [0.15, 0.2) is 0 Å². The van der Waals surface area contributed by atoms with E-state index in [1.54, 1.807) is 0 Å². The van der Waals surface area contributed by atoms with Gasteiger partial charge in [-0.25, -0.2) is 0 Å². The van der Waals surface area contributed by atoms with Gasteiger partial charge >= 0.3 is 0 Å². The van der Waals surface area contributed by atoms with E-state index in [1.165, 1.54) is 0 Å². The highest BCUT2D eigenvalue weighted by molar-refractivity contribution is 4.90. The summed E-state index contributed by atoms with van der Waals surface area (Å²) in [6, 6.07) is 0.415. The van der Waals surface area contributed by atoms with E-state index in [0.717, 1.165) is 45.6 Å². The molecule has 0 spiro atoms. The number of aliphatic hydroxyl groups excluding tert-OH is 2. The van der Waals surface area contributed by atoms with Crippen molar-refractivity contribution in [3.8, 4) is 0 Å². The quantitative estimate of drug-likeness (QED) is 0.665. The Labute approximate surface area is 91.5 Å². The predicted molar refractivity (Wildman–Crippen MR) is 58.7 cm³/mol. The molecule has 15 heavy (non-hydrogen) atoms. The second-order valence-corrected chi connectivity index (χ2v) is 4.90. The zero-order valence-corrected chi connectivity index (χ0v) is 9.47. The maximum Gasteiger partial charge on any atom is 0.0696 e. The number of hydrogen-bond donors (Lipinski definition) is 2. The molecule has 3 atom stereocenters. The third-order valence-corrected chi connectivity index (χ3v) is 3.60. The van der Waals surface area contributed by atoms with Crippen LogP contribution in [0.3, 0.4) is 0 Å². The fourth-order valence-electron chi connectivity index (χ4n) is 2.54. The Morgan fingerprint density at radius 3 is 2.27 bits per heavy atom. The minimum Gasteiger partial charge on any atom is -0.392 e. The van der Waals surface area contributed by atoms with Crippen molar-refractivity contribution in [1.29, 1.82) is 0 Å². The van der Waals surface area contributed by atoms with Crippen LogP contribution < -0.4 is 0 Å². The van der Waals surface area contributed by atoms with Crippen molar-refractivity contribution >= 4 is 0 Å². The molecule has 2 N–H and O–H groups in total. The third kappa shape index (κ3) is 2.69. The first-order valence-corrected chi connectivity index (χ1v) is 5.99. The summed E-state index contributed by atoms with van der Waals surface area (Å²) in [5.41, 5.74) is 0. The summed E-state index contributed by atoms with van der Waals surface area (Å²) >= 11 is 0. The number of piperazine rings is 1. The van der Waals surface area contributed by atoms with Crippen LogP contribution in [0.25, 0.3) is 0 Å². The maximum absolute atomic E-state index is 9.58. The molecule has 1 unspecified atom stereocenters. The Morgan fingerprint density at radius 2 is 1.87 bits per heavy atom. The molecule has 1 aliphatic carbocycles. The summed E-state index contributed by atoms with van der Waals surface area (Å²) in [5, 5.41) is 18.9. The molecular weight excluding hydrogens is 192 g/mol. The summed E-state index contributed by atoms with van der Waals surface area (Å²) in [6.45, 7) is 6.73. The van der Waals surface area contributed by atoms with Crippen LogP contribution in [0, 0.1) is 0 Å². The molecule has 1 aliphatic heterocycles. The highest BCUT2D eigenvalue weighted by atomic mass is 16.3. The summed E-state index contributed by atoms with van der Waals surface area (Å²) < 4.78 is 0. The standard InChI is InChI=1S/C11H22N2O2/c1-9(14)8-12-4-6-13(7-5-12)10-2-3-11(10)15/h9-11,14-15H,2-8H2,1H3/t9?,10-,11-/m1/s1. The van der Waals surface area contributed by atoms with Crippen LogP contribution in [-0.2, 0) is 0 Å². The van der Waals surface area contributed by atoms with Crippen molar-refractivity contribution in [3.05, 3.63) is 0 Å². The number of β-amino-alcohol motifs (C(OH)–C–C–N with tert-alkyl or cyclic N) is 1. The normalized spacial score (nSPS) is 36.2. The van der Waals surface area contributed by atoms with Crippen molar-refractivity contribution in [2.24, 2.45) is 0 Å². The monoisotopic (exact) mass is 214 g/mol. The van der Waals surface area contributed by atoms with Crippen LogP contribution >= 0.6 is 0 Å². The largest absolute Gasteiger partial charge is 0.392 e. The van der Waals surface area contributed by atoms with Gasteiger partial charge in [0.1, 0.15) is 0 Å². The Bertz CT molecular complexity index is 203. The van der Waals surface area contributed by atoms with E-state index in [9.17, 15) is 10.2 Å². The van der Waals surface area contributed by atoms with Crippen molar-refractivity contribution < 1.29 is 10.2 Å². The van der Waals surface area contributed by atoms with Gasteiger partial charge < -0.3 is 10.2 Å². The Morgan fingerprint density at radius 1 is 1.20 bits per heavy atom. The summed E-state index contributed by atoms with van der Waals surface area (Å²) in [6.07, 6.45) is 1.80. The van der Waals surface area contributed by atoms with Gasteiger partial charge in [-0.1, -0.05) is 0 Å². The Hall–Kier alpha value is -0.160. The lowest BCUT2D eigenvalue weighted by Gasteiger charge is -2.45. The molecule has 0 amide bonds. The van der Waals surface area contributed by atoms with Crippen molar-refractivity contribution in [3.63, 3.8) is 0 Å². The molecule has 1 saturated heterocycles. The van der Waals surface area contributed by atoms with E-state index < -0.39 is 0 Å². The van der Waals surface area contributed by atoms with E-state index >= 15 is 0 Å². The zero-order chi connectivity index (χ0) is 10.8. The zero-order valence-electron chi connectivity index (χ0n) is 9.47. The Kier molecular flexibility index (Phi) is 3.61. The fraction of sp³-hybridized carbons (Fsp3) is 1.00. The average molecular weight is 214 g/mol. The lowest BCUT2D eigenvalue weighted by atomic mass is 9.87. The first kappa shape index (κ1) is 11.3. The lowest BCUT2D eigenvalue weighted by molar-refractivity contribution is -0.0421. The molecule has 0 aromatic rings. The molecular formula is C11H22N2O2. The summed E-state index contributed by atoms with van der Waals surface area (Å²) in [7, 11) is 0. The molecule has 0 aromatic heterocycles. The van der Waals surface area contributed by atoms with Gasteiger partial charge in [-0.3, -0.25) is 9.80 Å². The van der Waals surface area contributed by atoms with Crippen molar-refractivity contribution in [1.82, 2.24) is 9.80 Å². The van der Waals surface area contributed by atoms with E-state index in [0.29, 0.717) is 6.04 Å². The summed E-state index contributed by atoms with van der Waals surface area (Å²) in [5.74, 6) is 0. The lowest BCUT2D eigenvalue weighted by Crippen LogP contribution is -2.57. The van der Waals surface area contributed by atoms with Gasteiger partial charge in [0.25, 0.3) is 0 Å². The molecule has 0 bridgehead atoms. The number of rotatable bonds is 3. The topological polar surface area (TPSA) is 46.9 Å². The van der Waals surface area contributed by atoms with Gasteiger partial charge in [0.2, 0.25) is 0 Å². The number of hydrogen-bond acceptors (Lipinski definition) is 4. The van der Waals surface area contributed by atoms with Crippen LogP contribution in [-0.4, -0.2) is 71.0 Å². The van der Waals surface area contributed by atoms with E-state index in [-0.39, 0.29) is 12.2 Å². The van der Waals surface area contributed by atoms with Crippen LogP contribution in [0.15, 0.2) is 0 Å². The van der Waals surface area contributed by atoms with Crippen molar-refractivity contribution in [2.75, 3.05) is 32.7 Å². The number of nitrogens with zero attached hydrogens (tertiary/aromatic N) is 2. The molecule has 4 heteroatoms.